The topological polar surface area (TPSA) is 56.2 Å². The van der Waals surface area contributed by atoms with E-state index in [9.17, 15) is 4.79 Å². The van der Waals surface area contributed by atoms with E-state index in [1.807, 2.05) is 0 Å². The molecular formula is C13H25N3O3. The average molecular weight is 271 g/mol. The first-order valence-corrected chi connectivity index (χ1v) is 7.20. The first-order valence-electron chi connectivity index (χ1n) is 7.20. The fourth-order valence-electron chi connectivity index (χ4n) is 2.60. The Morgan fingerprint density at radius 3 is 1.84 bits per heavy atom. The van der Waals surface area contributed by atoms with Gasteiger partial charge in [0.1, 0.15) is 0 Å². The van der Waals surface area contributed by atoms with Gasteiger partial charge in [0.05, 0.1) is 19.6 Å². The van der Waals surface area contributed by atoms with Crippen molar-refractivity contribution < 1.29 is 14.6 Å². The second kappa shape index (κ2) is 7.79. The molecule has 6 heteroatoms. The van der Waals surface area contributed by atoms with Crippen molar-refractivity contribution >= 4 is 5.97 Å². The predicted molar refractivity (Wildman–Crippen MR) is 72.4 cm³/mol. The molecule has 2 heterocycles. The number of ether oxygens (including phenoxy) is 1. The summed E-state index contributed by atoms with van der Waals surface area (Å²) in [6, 6.07) is 0. The van der Waals surface area contributed by atoms with Gasteiger partial charge in [-0.1, -0.05) is 0 Å². The largest absolute Gasteiger partial charge is 0.481 e. The van der Waals surface area contributed by atoms with Crippen LogP contribution < -0.4 is 0 Å². The molecule has 0 aromatic rings. The number of carboxylic acid groups (broad SMARTS) is 1. The van der Waals surface area contributed by atoms with Gasteiger partial charge in [0.15, 0.2) is 0 Å². The Labute approximate surface area is 114 Å². The Morgan fingerprint density at radius 1 is 0.842 bits per heavy atom. The van der Waals surface area contributed by atoms with Crippen molar-refractivity contribution in [3.05, 3.63) is 0 Å². The van der Waals surface area contributed by atoms with Crippen LogP contribution in [0.4, 0.5) is 0 Å². The number of nitrogens with zero attached hydrogens (tertiary/aromatic N) is 3. The van der Waals surface area contributed by atoms with Crippen LogP contribution in [0.15, 0.2) is 0 Å². The van der Waals surface area contributed by atoms with Crippen LogP contribution in [0.5, 0.6) is 0 Å². The standard InChI is InChI=1S/C13H25N3O3/c17-13(18)1-2-14-3-5-15(6-4-14)7-8-16-9-11-19-12-10-16/h1-12H2,(H,17,18). The molecule has 0 spiro atoms. The van der Waals surface area contributed by atoms with E-state index in [2.05, 4.69) is 14.7 Å². The van der Waals surface area contributed by atoms with Gasteiger partial charge in [0, 0.05) is 58.9 Å². The van der Waals surface area contributed by atoms with Gasteiger partial charge in [0.25, 0.3) is 0 Å². The molecule has 2 saturated heterocycles. The molecule has 0 bridgehead atoms. The van der Waals surface area contributed by atoms with Crippen molar-refractivity contribution in [2.45, 2.75) is 6.42 Å². The Hall–Kier alpha value is -0.690. The first kappa shape index (κ1) is 14.7. The normalized spacial score (nSPS) is 23.6. The Bertz CT molecular complexity index is 274. The van der Waals surface area contributed by atoms with Gasteiger partial charge in [-0.2, -0.15) is 0 Å². The number of rotatable bonds is 6. The lowest BCUT2D eigenvalue weighted by Gasteiger charge is -2.36. The Kier molecular flexibility index (Phi) is 6.03. The number of hydrogen-bond donors (Lipinski definition) is 1. The summed E-state index contributed by atoms with van der Waals surface area (Å²) in [7, 11) is 0. The highest BCUT2D eigenvalue weighted by Crippen LogP contribution is 2.04. The highest BCUT2D eigenvalue weighted by atomic mass is 16.5. The van der Waals surface area contributed by atoms with E-state index in [1.54, 1.807) is 0 Å². The number of carboxylic acids is 1. The second-order valence-electron chi connectivity index (χ2n) is 5.28. The molecule has 1 N–H and O–H groups in total. The fraction of sp³-hybridized carbons (Fsp3) is 0.923. The third-order valence-corrected chi connectivity index (χ3v) is 3.94. The minimum Gasteiger partial charge on any atom is -0.481 e. The summed E-state index contributed by atoms with van der Waals surface area (Å²) in [4.78, 5) is 17.7. The van der Waals surface area contributed by atoms with Crippen LogP contribution in [0.1, 0.15) is 6.42 Å². The molecule has 110 valence electrons. The minimum atomic E-state index is -0.699. The summed E-state index contributed by atoms with van der Waals surface area (Å²) in [6.45, 7) is 10.9. The Morgan fingerprint density at radius 2 is 1.32 bits per heavy atom. The molecule has 2 fully saturated rings. The second-order valence-corrected chi connectivity index (χ2v) is 5.28. The van der Waals surface area contributed by atoms with E-state index < -0.39 is 5.97 Å². The average Bonchev–Trinajstić information content (AvgIpc) is 2.45. The number of aliphatic carboxylic acids is 1. The maximum absolute atomic E-state index is 10.5. The summed E-state index contributed by atoms with van der Waals surface area (Å²) in [6.07, 6.45) is 0.258. The molecular weight excluding hydrogens is 246 g/mol. The molecule has 0 aliphatic carbocycles. The maximum Gasteiger partial charge on any atom is 0.304 e. The van der Waals surface area contributed by atoms with Crippen molar-refractivity contribution in [3.63, 3.8) is 0 Å². The molecule has 0 radical (unpaired) electrons. The van der Waals surface area contributed by atoms with Gasteiger partial charge in [0.2, 0.25) is 0 Å². The lowest BCUT2D eigenvalue weighted by Crippen LogP contribution is -2.49. The summed E-state index contributed by atoms with van der Waals surface area (Å²) >= 11 is 0. The van der Waals surface area contributed by atoms with Crippen molar-refractivity contribution in [2.24, 2.45) is 0 Å². The van der Waals surface area contributed by atoms with Crippen molar-refractivity contribution in [1.29, 1.82) is 0 Å². The van der Waals surface area contributed by atoms with Crippen LogP contribution in [0, 0.1) is 0 Å². The smallest absolute Gasteiger partial charge is 0.304 e. The SMILES string of the molecule is O=C(O)CCN1CCN(CCN2CCOCC2)CC1. The summed E-state index contributed by atoms with van der Waals surface area (Å²) in [5.41, 5.74) is 0. The molecule has 2 aliphatic heterocycles. The zero-order valence-electron chi connectivity index (χ0n) is 11.6. The van der Waals surface area contributed by atoms with E-state index in [4.69, 9.17) is 9.84 Å². The van der Waals surface area contributed by atoms with Crippen LogP contribution in [0.25, 0.3) is 0 Å². The summed E-state index contributed by atoms with van der Waals surface area (Å²) in [5.74, 6) is -0.699. The zero-order valence-corrected chi connectivity index (χ0v) is 11.6. The molecule has 19 heavy (non-hydrogen) atoms. The Balaban J connectivity index is 1.56. The highest BCUT2D eigenvalue weighted by Gasteiger charge is 2.18. The lowest BCUT2D eigenvalue weighted by atomic mass is 10.3. The molecule has 0 amide bonds. The number of piperazine rings is 1. The minimum absolute atomic E-state index is 0.258. The molecule has 0 saturated carbocycles. The van der Waals surface area contributed by atoms with Gasteiger partial charge in [-0.3, -0.25) is 14.6 Å². The van der Waals surface area contributed by atoms with Crippen LogP contribution in [0.2, 0.25) is 0 Å². The van der Waals surface area contributed by atoms with Crippen molar-refractivity contribution in [3.8, 4) is 0 Å². The number of hydrogen-bond acceptors (Lipinski definition) is 5. The van der Waals surface area contributed by atoms with Gasteiger partial charge >= 0.3 is 5.97 Å². The first-order chi connectivity index (χ1) is 9.24. The van der Waals surface area contributed by atoms with E-state index in [0.29, 0.717) is 6.54 Å². The van der Waals surface area contributed by atoms with Gasteiger partial charge in [-0.25, -0.2) is 0 Å². The molecule has 2 rings (SSSR count). The number of morpholine rings is 1. The lowest BCUT2D eigenvalue weighted by molar-refractivity contribution is -0.137. The van der Waals surface area contributed by atoms with Crippen LogP contribution in [0.3, 0.4) is 0 Å². The van der Waals surface area contributed by atoms with E-state index in [1.165, 1.54) is 0 Å². The maximum atomic E-state index is 10.5. The molecule has 0 atom stereocenters. The van der Waals surface area contributed by atoms with Crippen molar-refractivity contribution in [1.82, 2.24) is 14.7 Å². The summed E-state index contributed by atoms with van der Waals surface area (Å²) in [5, 5.41) is 8.67. The monoisotopic (exact) mass is 271 g/mol. The zero-order chi connectivity index (χ0) is 13.5. The van der Waals surface area contributed by atoms with E-state index >= 15 is 0 Å². The number of carbonyl (C=O) groups is 1. The quantitative estimate of drug-likeness (QED) is 0.697. The highest BCUT2D eigenvalue weighted by molar-refractivity contribution is 5.66. The molecule has 6 nitrogen and oxygen atoms in total. The van der Waals surface area contributed by atoms with Crippen LogP contribution in [-0.2, 0) is 9.53 Å². The van der Waals surface area contributed by atoms with E-state index in [-0.39, 0.29) is 6.42 Å². The third kappa shape index (κ3) is 5.44. The predicted octanol–water partition coefficient (Wildman–Crippen LogP) is -0.589. The van der Waals surface area contributed by atoms with Crippen molar-refractivity contribution in [2.75, 3.05) is 72.1 Å². The summed E-state index contributed by atoms with van der Waals surface area (Å²) < 4.78 is 5.34. The van der Waals surface area contributed by atoms with Crippen LogP contribution >= 0.6 is 0 Å². The molecule has 0 aromatic carbocycles. The van der Waals surface area contributed by atoms with Gasteiger partial charge in [-0.05, 0) is 0 Å². The van der Waals surface area contributed by atoms with Gasteiger partial charge < -0.3 is 14.7 Å². The fourth-order valence-corrected chi connectivity index (χ4v) is 2.60. The molecule has 0 unspecified atom stereocenters. The molecule has 2 aliphatic rings. The van der Waals surface area contributed by atoms with Crippen LogP contribution in [-0.4, -0.2) is 97.9 Å². The third-order valence-electron chi connectivity index (χ3n) is 3.94. The van der Waals surface area contributed by atoms with E-state index in [0.717, 1.165) is 65.6 Å². The molecule has 0 aromatic heterocycles. The van der Waals surface area contributed by atoms with Gasteiger partial charge in [-0.15, -0.1) is 0 Å².